The molecule has 1 fully saturated rings. The Bertz CT molecular complexity index is 135. The Labute approximate surface area is 71.4 Å². The zero-order valence-electron chi connectivity index (χ0n) is 8.65. The van der Waals surface area contributed by atoms with E-state index in [2.05, 4.69) is 34.6 Å². The highest BCUT2D eigenvalue weighted by Gasteiger charge is 2.53. The summed E-state index contributed by atoms with van der Waals surface area (Å²) in [6, 6.07) is 0. The Hall–Kier alpha value is 0. The molecule has 1 aliphatic carbocycles. The second kappa shape index (κ2) is 2.80. The third kappa shape index (κ3) is 1.60. The van der Waals surface area contributed by atoms with Crippen LogP contribution in [0.25, 0.3) is 0 Å². The summed E-state index contributed by atoms with van der Waals surface area (Å²) in [4.78, 5) is 0. The molecule has 0 N–H and O–H groups in total. The lowest BCUT2D eigenvalue weighted by Crippen LogP contribution is -1.97. The fraction of sp³-hybridized carbons (Fsp3) is 1.00. The second-order valence-corrected chi connectivity index (χ2v) is 4.97. The first-order valence-electron chi connectivity index (χ1n) is 5.00. The van der Waals surface area contributed by atoms with Crippen LogP contribution in [0, 0.1) is 23.2 Å². The second-order valence-electron chi connectivity index (χ2n) is 4.97. The van der Waals surface area contributed by atoms with Crippen molar-refractivity contribution in [3.63, 3.8) is 0 Å². The lowest BCUT2D eigenvalue weighted by molar-refractivity contribution is 0.429. The molecule has 0 radical (unpaired) electrons. The maximum absolute atomic E-state index is 2.41. The predicted octanol–water partition coefficient (Wildman–Crippen LogP) is 3.71. The summed E-state index contributed by atoms with van der Waals surface area (Å²) in [7, 11) is 0. The van der Waals surface area contributed by atoms with Gasteiger partial charge in [-0.1, -0.05) is 41.0 Å². The minimum atomic E-state index is 0.656. The van der Waals surface area contributed by atoms with Crippen molar-refractivity contribution in [2.24, 2.45) is 23.2 Å². The van der Waals surface area contributed by atoms with Crippen LogP contribution in [0.2, 0.25) is 0 Å². The number of hydrogen-bond donors (Lipinski definition) is 0. The van der Waals surface area contributed by atoms with Crippen LogP contribution in [-0.2, 0) is 0 Å². The molecule has 0 heterocycles. The Morgan fingerprint density at radius 3 is 2.09 bits per heavy atom. The Balaban J connectivity index is 2.31. The smallest absolute Gasteiger partial charge is 0.0295 e. The summed E-state index contributed by atoms with van der Waals surface area (Å²) in [6.07, 6.45) is 2.80. The summed E-state index contributed by atoms with van der Waals surface area (Å²) < 4.78 is 0. The summed E-state index contributed by atoms with van der Waals surface area (Å²) in [5.41, 5.74) is 0.656. The van der Waals surface area contributed by atoms with Gasteiger partial charge in [0.15, 0.2) is 0 Å². The van der Waals surface area contributed by atoms with Gasteiger partial charge in [-0.25, -0.2) is 0 Å². The van der Waals surface area contributed by atoms with Gasteiger partial charge in [-0.3, -0.25) is 0 Å². The van der Waals surface area contributed by atoms with Gasteiger partial charge in [0.25, 0.3) is 0 Å². The van der Waals surface area contributed by atoms with Crippen molar-refractivity contribution in [1.82, 2.24) is 0 Å². The highest BCUT2D eigenvalue weighted by molar-refractivity contribution is 5.02. The van der Waals surface area contributed by atoms with Crippen LogP contribution < -0.4 is 0 Å². The minimum Gasteiger partial charge on any atom is -0.0651 e. The number of rotatable bonds is 3. The van der Waals surface area contributed by atoms with Crippen molar-refractivity contribution in [2.75, 3.05) is 0 Å². The van der Waals surface area contributed by atoms with E-state index in [4.69, 9.17) is 0 Å². The Morgan fingerprint density at radius 1 is 1.36 bits per heavy atom. The number of hydrogen-bond acceptors (Lipinski definition) is 0. The fourth-order valence-electron chi connectivity index (χ4n) is 2.13. The van der Waals surface area contributed by atoms with E-state index in [9.17, 15) is 0 Å². The van der Waals surface area contributed by atoms with E-state index in [-0.39, 0.29) is 0 Å². The fourth-order valence-corrected chi connectivity index (χ4v) is 2.13. The van der Waals surface area contributed by atoms with E-state index in [1.165, 1.54) is 12.8 Å². The maximum atomic E-state index is 2.41. The zero-order chi connectivity index (χ0) is 8.65. The molecule has 0 aromatic heterocycles. The molecule has 0 heteroatoms. The topological polar surface area (TPSA) is 0 Å². The van der Waals surface area contributed by atoms with Gasteiger partial charge in [-0.2, -0.15) is 0 Å². The summed E-state index contributed by atoms with van der Waals surface area (Å²) in [5.74, 6) is 2.91. The molecular formula is C11H22. The van der Waals surface area contributed by atoms with Gasteiger partial charge >= 0.3 is 0 Å². The van der Waals surface area contributed by atoms with E-state index >= 15 is 0 Å². The van der Waals surface area contributed by atoms with Crippen molar-refractivity contribution in [1.29, 1.82) is 0 Å². The average Bonchev–Trinajstić information content (AvgIpc) is 2.39. The lowest BCUT2D eigenvalue weighted by Gasteiger charge is -2.08. The SMILES string of the molecule is CCC(C)CC1C(C)C1(C)C. The first kappa shape index (κ1) is 9.09. The van der Waals surface area contributed by atoms with Crippen LogP contribution in [0.5, 0.6) is 0 Å². The molecule has 0 saturated heterocycles. The maximum Gasteiger partial charge on any atom is -0.0295 e. The third-order valence-corrected chi connectivity index (χ3v) is 3.98. The molecule has 0 amide bonds. The van der Waals surface area contributed by atoms with Gasteiger partial charge in [0.05, 0.1) is 0 Å². The van der Waals surface area contributed by atoms with Crippen molar-refractivity contribution in [3.8, 4) is 0 Å². The van der Waals surface area contributed by atoms with Crippen LogP contribution in [0.1, 0.15) is 47.5 Å². The van der Waals surface area contributed by atoms with Crippen LogP contribution in [0.4, 0.5) is 0 Å². The van der Waals surface area contributed by atoms with Crippen molar-refractivity contribution < 1.29 is 0 Å². The van der Waals surface area contributed by atoms with Crippen molar-refractivity contribution >= 4 is 0 Å². The normalized spacial score (nSPS) is 36.8. The van der Waals surface area contributed by atoms with Crippen LogP contribution in [-0.4, -0.2) is 0 Å². The molecule has 1 saturated carbocycles. The molecule has 3 unspecified atom stereocenters. The average molecular weight is 154 g/mol. The highest BCUT2D eigenvalue weighted by Crippen LogP contribution is 2.60. The van der Waals surface area contributed by atoms with Crippen LogP contribution >= 0.6 is 0 Å². The third-order valence-electron chi connectivity index (χ3n) is 3.98. The summed E-state index contributed by atoms with van der Waals surface area (Å²) in [6.45, 7) is 11.9. The van der Waals surface area contributed by atoms with Crippen LogP contribution in [0.15, 0.2) is 0 Å². The molecular weight excluding hydrogens is 132 g/mol. The first-order valence-corrected chi connectivity index (χ1v) is 5.00. The minimum absolute atomic E-state index is 0.656. The van der Waals surface area contributed by atoms with E-state index in [1.54, 1.807) is 0 Å². The molecule has 0 aromatic carbocycles. The largest absolute Gasteiger partial charge is 0.0651 e. The van der Waals surface area contributed by atoms with E-state index in [1.807, 2.05) is 0 Å². The lowest BCUT2D eigenvalue weighted by atomic mass is 9.98. The molecule has 11 heavy (non-hydrogen) atoms. The molecule has 0 nitrogen and oxygen atoms in total. The molecule has 1 aliphatic rings. The molecule has 0 aromatic rings. The van der Waals surface area contributed by atoms with Crippen molar-refractivity contribution in [2.45, 2.75) is 47.5 Å². The standard InChI is InChI=1S/C11H22/c1-6-8(2)7-10-9(3)11(10,4)5/h8-10H,6-7H2,1-5H3. The summed E-state index contributed by atoms with van der Waals surface area (Å²) >= 11 is 0. The van der Waals surface area contributed by atoms with Gasteiger partial charge < -0.3 is 0 Å². The molecule has 0 spiro atoms. The van der Waals surface area contributed by atoms with Gasteiger partial charge in [0, 0.05) is 0 Å². The Morgan fingerprint density at radius 2 is 1.82 bits per heavy atom. The molecule has 0 aliphatic heterocycles. The van der Waals surface area contributed by atoms with Gasteiger partial charge in [-0.15, -0.1) is 0 Å². The van der Waals surface area contributed by atoms with Gasteiger partial charge in [0.1, 0.15) is 0 Å². The molecule has 1 rings (SSSR count). The monoisotopic (exact) mass is 154 g/mol. The molecule has 0 bridgehead atoms. The summed E-state index contributed by atoms with van der Waals surface area (Å²) in [5, 5.41) is 0. The van der Waals surface area contributed by atoms with Gasteiger partial charge in [0.2, 0.25) is 0 Å². The Kier molecular flexibility index (Phi) is 2.32. The van der Waals surface area contributed by atoms with Crippen LogP contribution in [0.3, 0.4) is 0 Å². The van der Waals surface area contributed by atoms with E-state index in [0.29, 0.717) is 5.41 Å². The van der Waals surface area contributed by atoms with Gasteiger partial charge in [-0.05, 0) is 29.6 Å². The van der Waals surface area contributed by atoms with E-state index < -0.39 is 0 Å². The quantitative estimate of drug-likeness (QED) is 0.581. The first-order chi connectivity index (χ1) is 5.00. The highest BCUT2D eigenvalue weighted by atomic mass is 14.6. The molecule has 3 atom stereocenters. The predicted molar refractivity (Wildman–Crippen MR) is 50.5 cm³/mol. The van der Waals surface area contributed by atoms with Crippen molar-refractivity contribution in [3.05, 3.63) is 0 Å². The molecule has 66 valence electrons. The zero-order valence-corrected chi connectivity index (χ0v) is 8.65. The van der Waals surface area contributed by atoms with E-state index in [0.717, 1.165) is 17.8 Å².